The van der Waals surface area contributed by atoms with Gasteiger partial charge in [0.15, 0.2) is 0 Å². The Morgan fingerprint density at radius 3 is 2.65 bits per heavy atom. The van der Waals surface area contributed by atoms with Crippen molar-refractivity contribution in [1.82, 2.24) is 0 Å². The molecule has 0 saturated heterocycles. The average molecular weight is 330 g/mol. The van der Waals surface area contributed by atoms with Crippen LogP contribution in [0, 0.1) is 5.92 Å². The van der Waals surface area contributed by atoms with E-state index in [-0.39, 0.29) is 18.1 Å². The second-order valence-electron chi connectivity index (χ2n) is 5.25. The summed E-state index contributed by atoms with van der Waals surface area (Å²) in [5, 5.41) is 0. The molecule has 4 heteroatoms. The lowest BCUT2D eigenvalue weighted by molar-refractivity contribution is 0.849. The molecular weight excluding hydrogens is 307 g/mol. The van der Waals surface area contributed by atoms with Crippen LogP contribution in [0.2, 0.25) is 0 Å². The standard InChI is InChI=1S/C19H23FN2S/c1-5-13(3)11-18(22)14(4)7-8-15-9-10-16(17(21)6-2)19(12-15)23-20/h5,7-12,14H,2,21-22H2,1,3-4H3/b8-7+,13-5-,18-11-. The van der Waals surface area contributed by atoms with Crippen LogP contribution in [-0.4, -0.2) is 0 Å². The summed E-state index contributed by atoms with van der Waals surface area (Å²) < 4.78 is 13.1. The number of hydrogen-bond acceptors (Lipinski definition) is 3. The topological polar surface area (TPSA) is 52.0 Å². The number of nitrogens with two attached hydrogens (primary N) is 2. The molecule has 0 aliphatic carbocycles. The molecule has 0 aromatic heterocycles. The van der Waals surface area contributed by atoms with E-state index in [0.29, 0.717) is 16.2 Å². The third kappa shape index (κ3) is 5.51. The van der Waals surface area contributed by atoms with Crippen LogP contribution < -0.4 is 11.5 Å². The molecule has 0 bridgehead atoms. The summed E-state index contributed by atoms with van der Waals surface area (Å²) in [6, 6.07) is 5.38. The van der Waals surface area contributed by atoms with E-state index in [1.807, 2.05) is 51.1 Å². The molecule has 122 valence electrons. The monoisotopic (exact) mass is 330 g/mol. The third-order valence-electron chi connectivity index (χ3n) is 3.52. The first-order valence-electron chi connectivity index (χ1n) is 7.29. The SMILES string of the molecule is C=C=C(N)c1ccc(/C=C/C(C)/C(N)=C/C(C)=C\C)cc1SF. The lowest BCUT2D eigenvalue weighted by atomic mass is 10.0. The zero-order chi connectivity index (χ0) is 17.4. The average Bonchev–Trinajstić information content (AvgIpc) is 2.58. The lowest BCUT2D eigenvalue weighted by Gasteiger charge is -2.08. The highest BCUT2D eigenvalue weighted by molar-refractivity contribution is 7.94. The van der Waals surface area contributed by atoms with Gasteiger partial charge in [-0.05, 0) is 31.6 Å². The molecule has 0 radical (unpaired) electrons. The summed E-state index contributed by atoms with van der Waals surface area (Å²) in [4.78, 5) is 0.446. The van der Waals surface area contributed by atoms with Gasteiger partial charge in [-0.1, -0.05) is 49.4 Å². The number of hydrogen-bond donors (Lipinski definition) is 2. The maximum Gasteiger partial charge on any atom is 0.0827 e. The molecule has 1 unspecified atom stereocenters. The molecule has 1 atom stereocenters. The molecule has 0 fully saturated rings. The first kappa shape index (κ1) is 18.9. The molecule has 0 amide bonds. The normalized spacial score (nSPS) is 13.9. The summed E-state index contributed by atoms with van der Waals surface area (Å²) >= 11 is 0.159. The Kier molecular flexibility index (Phi) is 7.46. The Morgan fingerprint density at radius 1 is 1.39 bits per heavy atom. The van der Waals surface area contributed by atoms with Gasteiger partial charge >= 0.3 is 0 Å². The van der Waals surface area contributed by atoms with E-state index in [4.69, 9.17) is 11.5 Å². The molecule has 0 saturated carbocycles. The van der Waals surface area contributed by atoms with Gasteiger partial charge in [-0.25, -0.2) is 0 Å². The Balaban J connectivity index is 3.01. The van der Waals surface area contributed by atoms with Gasteiger partial charge in [0.1, 0.15) is 0 Å². The predicted octanol–water partition coefficient (Wildman–Crippen LogP) is 5.21. The van der Waals surface area contributed by atoms with Crippen LogP contribution in [0.3, 0.4) is 0 Å². The number of allylic oxidation sites excluding steroid dienone is 4. The Bertz CT molecular complexity index is 695. The maximum absolute atomic E-state index is 13.1. The summed E-state index contributed by atoms with van der Waals surface area (Å²) in [5.41, 5.74) is 18.1. The van der Waals surface area contributed by atoms with E-state index in [2.05, 4.69) is 12.3 Å². The van der Waals surface area contributed by atoms with Crippen molar-refractivity contribution in [1.29, 1.82) is 0 Å². The van der Waals surface area contributed by atoms with Gasteiger partial charge in [0.2, 0.25) is 0 Å². The highest BCUT2D eigenvalue weighted by Gasteiger charge is 2.07. The molecular formula is C19H23FN2S. The highest BCUT2D eigenvalue weighted by Crippen LogP contribution is 2.28. The van der Waals surface area contributed by atoms with Crippen LogP contribution in [0.1, 0.15) is 31.9 Å². The van der Waals surface area contributed by atoms with Crippen molar-refractivity contribution < 1.29 is 3.89 Å². The molecule has 0 heterocycles. The molecule has 1 aromatic carbocycles. The van der Waals surface area contributed by atoms with Gasteiger partial charge in [0, 0.05) is 17.2 Å². The molecule has 23 heavy (non-hydrogen) atoms. The molecule has 4 N–H and O–H groups in total. The molecule has 2 nitrogen and oxygen atoms in total. The van der Waals surface area contributed by atoms with Crippen LogP contribution in [0.25, 0.3) is 11.8 Å². The number of halogens is 1. The van der Waals surface area contributed by atoms with Crippen LogP contribution in [0.4, 0.5) is 3.89 Å². The van der Waals surface area contributed by atoms with Crippen molar-refractivity contribution in [3.8, 4) is 0 Å². The Morgan fingerprint density at radius 2 is 2.09 bits per heavy atom. The third-order valence-corrected chi connectivity index (χ3v) is 4.03. The fraction of sp³-hybridized carbons (Fsp3) is 0.211. The Hall–Kier alpha value is -2.16. The number of rotatable bonds is 6. The van der Waals surface area contributed by atoms with Crippen LogP contribution in [0.5, 0.6) is 0 Å². The zero-order valence-electron chi connectivity index (χ0n) is 13.8. The van der Waals surface area contributed by atoms with Crippen molar-refractivity contribution in [2.75, 3.05) is 0 Å². The predicted molar refractivity (Wildman–Crippen MR) is 100 cm³/mol. The lowest BCUT2D eigenvalue weighted by Crippen LogP contribution is -2.06. The maximum atomic E-state index is 13.1. The second-order valence-corrected chi connectivity index (χ2v) is 5.84. The number of benzene rings is 1. The zero-order valence-corrected chi connectivity index (χ0v) is 14.6. The quantitative estimate of drug-likeness (QED) is 0.556. The van der Waals surface area contributed by atoms with E-state index < -0.39 is 0 Å². The van der Waals surface area contributed by atoms with Gasteiger partial charge in [0.05, 0.1) is 22.7 Å². The summed E-state index contributed by atoms with van der Waals surface area (Å²) in [6.45, 7) is 9.48. The summed E-state index contributed by atoms with van der Waals surface area (Å²) in [5.74, 6) is 0.0872. The van der Waals surface area contributed by atoms with Gasteiger partial charge in [0.25, 0.3) is 0 Å². The minimum atomic E-state index is 0.0872. The minimum Gasteiger partial charge on any atom is -0.402 e. The molecule has 1 rings (SSSR count). The van der Waals surface area contributed by atoms with Crippen molar-refractivity contribution in [3.63, 3.8) is 0 Å². The van der Waals surface area contributed by atoms with Gasteiger partial charge in [-0.3, -0.25) is 0 Å². The van der Waals surface area contributed by atoms with Crippen molar-refractivity contribution in [2.45, 2.75) is 25.7 Å². The largest absolute Gasteiger partial charge is 0.402 e. The van der Waals surface area contributed by atoms with E-state index in [0.717, 1.165) is 16.8 Å². The molecule has 0 spiro atoms. The first-order valence-corrected chi connectivity index (χ1v) is 8.01. The Labute approximate surface area is 142 Å². The second kappa shape index (κ2) is 9.09. The van der Waals surface area contributed by atoms with E-state index in [1.54, 1.807) is 12.1 Å². The molecule has 0 aliphatic heterocycles. The fourth-order valence-electron chi connectivity index (χ4n) is 1.87. The molecule has 0 aliphatic rings. The van der Waals surface area contributed by atoms with Crippen molar-refractivity contribution in [2.24, 2.45) is 17.4 Å². The van der Waals surface area contributed by atoms with E-state index in [9.17, 15) is 3.89 Å². The van der Waals surface area contributed by atoms with Crippen molar-refractivity contribution in [3.05, 3.63) is 71.1 Å². The van der Waals surface area contributed by atoms with Crippen LogP contribution >= 0.6 is 12.1 Å². The first-order chi connectivity index (χ1) is 10.9. The highest BCUT2D eigenvalue weighted by atomic mass is 32.2. The van der Waals surface area contributed by atoms with E-state index >= 15 is 0 Å². The fourth-order valence-corrected chi connectivity index (χ4v) is 2.31. The van der Waals surface area contributed by atoms with Crippen LogP contribution in [0.15, 0.2) is 64.9 Å². The van der Waals surface area contributed by atoms with E-state index in [1.165, 1.54) is 0 Å². The van der Waals surface area contributed by atoms with Gasteiger partial charge < -0.3 is 11.5 Å². The van der Waals surface area contributed by atoms with Gasteiger partial charge in [-0.2, -0.15) is 3.89 Å². The minimum absolute atomic E-state index is 0.0872. The molecule has 1 aromatic rings. The summed E-state index contributed by atoms with van der Waals surface area (Å²) in [7, 11) is 0. The van der Waals surface area contributed by atoms with Crippen molar-refractivity contribution >= 4 is 23.9 Å². The smallest absolute Gasteiger partial charge is 0.0827 e. The van der Waals surface area contributed by atoms with Gasteiger partial charge in [-0.15, -0.1) is 5.73 Å². The summed E-state index contributed by atoms with van der Waals surface area (Å²) in [6.07, 6.45) is 7.87. The van der Waals surface area contributed by atoms with Crippen LogP contribution in [-0.2, 0) is 0 Å².